The van der Waals surface area contributed by atoms with Crippen molar-refractivity contribution in [3.8, 4) is 28.1 Å². The van der Waals surface area contributed by atoms with Crippen LogP contribution in [-0.2, 0) is 17.7 Å². The van der Waals surface area contributed by atoms with E-state index in [0.29, 0.717) is 31.9 Å². The fraction of sp³-hybridized carbons (Fsp3) is 0.323. The normalized spacial score (nSPS) is 11.9. The molecule has 3 heterocycles. The fourth-order valence-electron chi connectivity index (χ4n) is 4.41. The van der Waals surface area contributed by atoms with E-state index < -0.39 is 11.4 Å². The molecule has 7 nitrogen and oxygen atoms in total. The van der Waals surface area contributed by atoms with Crippen LogP contribution < -0.4 is 10.2 Å². The largest absolute Gasteiger partial charge is 0.493 e. The Hall–Kier alpha value is -3.97. The molecule has 0 amide bonds. The van der Waals surface area contributed by atoms with Crippen LogP contribution in [0.2, 0.25) is 0 Å². The average molecular weight is 515 g/mol. The van der Waals surface area contributed by atoms with Crippen LogP contribution in [0.25, 0.3) is 33.3 Å². The third-order valence-electron chi connectivity index (χ3n) is 6.11. The van der Waals surface area contributed by atoms with Crippen molar-refractivity contribution in [3.63, 3.8) is 0 Å². The van der Waals surface area contributed by atoms with Crippen molar-refractivity contribution in [2.45, 2.75) is 40.2 Å². The summed E-state index contributed by atoms with van der Waals surface area (Å²) < 4.78 is 13.2. The summed E-state index contributed by atoms with van der Waals surface area (Å²) in [6, 6.07) is 15.5. The van der Waals surface area contributed by atoms with Gasteiger partial charge in [0.2, 0.25) is 0 Å². The van der Waals surface area contributed by atoms with Gasteiger partial charge in [-0.15, -0.1) is 0 Å². The molecule has 7 heteroatoms. The summed E-state index contributed by atoms with van der Waals surface area (Å²) in [6.45, 7) is 8.21. The highest BCUT2D eigenvalue weighted by Crippen LogP contribution is 2.39. The second kappa shape index (κ2) is 12.0. The van der Waals surface area contributed by atoms with Gasteiger partial charge in [-0.3, -0.25) is 9.78 Å². The summed E-state index contributed by atoms with van der Waals surface area (Å²) in [5.74, 6) is 0.374. The predicted molar refractivity (Wildman–Crippen MR) is 150 cm³/mol. The quantitative estimate of drug-likeness (QED) is 0.301. The van der Waals surface area contributed by atoms with E-state index in [1.165, 1.54) is 12.3 Å². The SMILES string of the molecule is CC(C)C.COCCCOc1cc2c(cc1-c1cnc3ccccc3c1)-c1cc(=O)c(C(=O)O)cn1CC2. The zero-order valence-corrected chi connectivity index (χ0v) is 22.4. The molecule has 1 N–H and O–H groups in total. The Kier molecular flexibility index (Phi) is 8.59. The number of methoxy groups -OCH3 is 1. The van der Waals surface area contributed by atoms with Crippen LogP contribution >= 0.6 is 0 Å². The third-order valence-corrected chi connectivity index (χ3v) is 6.11. The van der Waals surface area contributed by atoms with Crippen molar-refractivity contribution in [3.05, 3.63) is 82.3 Å². The second-order valence-electron chi connectivity index (χ2n) is 10.0. The highest BCUT2D eigenvalue weighted by molar-refractivity contribution is 5.89. The Balaban J connectivity index is 0.000000786. The van der Waals surface area contributed by atoms with E-state index in [1.54, 1.807) is 7.11 Å². The lowest BCUT2D eigenvalue weighted by molar-refractivity contribution is 0.0694. The zero-order valence-electron chi connectivity index (χ0n) is 22.4. The number of carbonyl (C=O) groups is 1. The summed E-state index contributed by atoms with van der Waals surface area (Å²) >= 11 is 0. The van der Waals surface area contributed by atoms with Gasteiger partial charge in [-0.25, -0.2) is 4.79 Å². The molecule has 0 aliphatic carbocycles. The van der Waals surface area contributed by atoms with Gasteiger partial charge in [0.05, 0.1) is 17.8 Å². The Morgan fingerprint density at radius 2 is 1.84 bits per heavy atom. The lowest BCUT2D eigenvalue weighted by atomic mass is 9.92. The minimum atomic E-state index is -1.21. The number of fused-ring (bicyclic) bond motifs is 4. The van der Waals surface area contributed by atoms with Crippen molar-refractivity contribution in [2.24, 2.45) is 5.92 Å². The van der Waals surface area contributed by atoms with Crippen LogP contribution in [0, 0.1) is 5.92 Å². The smallest absolute Gasteiger partial charge is 0.341 e. The Bertz CT molecular complexity index is 1500. The number of benzene rings is 2. The fourth-order valence-corrected chi connectivity index (χ4v) is 4.41. The average Bonchev–Trinajstić information content (AvgIpc) is 2.89. The van der Waals surface area contributed by atoms with E-state index in [-0.39, 0.29) is 5.56 Å². The van der Waals surface area contributed by atoms with Gasteiger partial charge in [0.15, 0.2) is 5.43 Å². The predicted octanol–water partition coefficient (Wildman–Crippen LogP) is 6.06. The van der Waals surface area contributed by atoms with Crippen molar-refractivity contribution in [1.29, 1.82) is 0 Å². The number of ether oxygens (including phenoxy) is 2. The van der Waals surface area contributed by atoms with Crippen LogP contribution in [0.15, 0.2) is 65.7 Å². The number of hydrogen-bond donors (Lipinski definition) is 1. The molecule has 0 fully saturated rings. The van der Waals surface area contributed by atoms with Gasteiger partial charge in [0.1, 0.15) is 11.3 Å². The van der Waals surface area contributed by atoms with E-state index in [1.807, 2.05) is 47.2 Å². The van der Waals surface area contributed by atoms with Gasteiger partial charge in [0.25, 0.3) is 0 Å². The maximum atomic E-state index is 12.5. The molecule has 0 radical (unpaired) electrons. The molecule has 0 atom stereocenters. The van der Waals surface area contributed by atoms with E-state index in [4.69, 9.17) is 9.47 Å². The molecular weight excluding hydrogens is 480 g/mol. The van der Waals surface area contributed by atoms with Gasteiger partial charge >= 0.3 is 5.97 Å². The molecule has 2 aromatic carbocycles. The number of nitrogens with zero attached hydrogens (tertiary/aromatic N) is 2. The molecule has 1 aliphatic heterocycles. The zero-order chi connectivity index (χ0) is 27.2. The van der Waals surface area contributed by atoms with Crippen molar-refractivity contribution >= 4 is 16.9 Å². The Morgan fingerprint density at radius 1 is 1.08 bits per heavy atom. The molecule has 0 saturated heterocycles. The first-order chi connectivity index (χ1) is 18.3. The summed E-state index contributed by atoms with van der Waals surface area (Å²) in [6.07, 6.45) is 4.74. The number of aromatic carboxylic acids is 1. The monoisotopic (exact) mass is 514 g/mol. The van der Waals surface area contributed by atoms with Crippen LogP contribution in [-0.4, -0.2) is 41.0 Å². The van der Waals surface area contributed by atoms with Gasteiger partial charge < -0.3 is 19.1 Å². The first-order valence-corrected chi connectivity index (χ1v) is 12.9. The van der Waals surface area contributed by atoms with Crippen molar-refractivity contribution in [1.82, 2.24) is 9.55 Å². The molecule has 1 aliphatic rings. The number of carboxylic acids is 1. The van der Waals surface area contributed by atoms with Crippen molar-refractivity contribution in [2.75, 3.05) is 20.3 Å². The molecular formula is C31H34N2O5. The summed E-state index contributed by atoms with van der Waals surface area (Å²) in [5, 5.41) is 10.4. The third kappa shape index (κ3) is 6.11. The first-order valence-electron chi connectivity index (χ1n) is 12.9. The van der Waals surface area contributed by atoms with E-state index in [2.05, 4.69) is 31.8 Å². The Labute approximate surface area is 222 Å². The van der Waals surface area contributed by atoms with E-state index >= 15 is 0 Å². The number of pyridine rings is 2. The minimum Gasteiger partial charge on any atom is -0.493 e. The number of aromatic nitrogens is 2. The standard InChI is InChI=1S/C27H24N2O5.C4H10/c1-33-9-4-10-34-26-12-17-7-8-29-16-22(27(31)32)25(30)14-24(29)20(17)13-21(26)19-11-18-5-2-3-6-23(18)28-15-19;1-4(2)3/h2-3,5-6,11-16H,4,7-10H2,1H3,(H,31,32);4H,1-3H3. The first kappa shape index (κ1) is 27.1. The highest BCUT2D eigenvalue weighted by Gasteiger charge is 2.22. The summed E-state index contributed by atoms with van der Waals surface area (Å²) in [5.41, 5.74) is 4.63. The maximum Gasteiger partial charge on any atom is 0.341 e. The number of para-hydroxylation sites is 1. The summed E-state index contributed by atoms with van der Waals surface area (Å²) in [7, 11) is 1.67. The van der Waals surface area contributed by atoms with Gasteiger partial charge in [0, 0.05) is 67.2 Å². The second-order valence-corrected chi connectivity index (χ2v) is 10.0. The molecule has 38 heavy (non-hydrogen) atoms. The molecule has 198 valence electrons. The molecule has 0 saturated carbocycles. The molecule has 5 rings (SSSR count). The van der Waals surface area contributed by atoms with Gasteiger partial charge in [-0.2, -0.15) is 0 Å². The molecule has 4 aromatic rings. The Morgan fingerprint density at radius 3 is 2.58 bits per heavy atom. The highest BCUT2D eigenvalue weighted by atomic mass is 16.5. The molecule has 2 aromatic heterocycles. The number of carboxylic acid groups (broad SMARTS) is 1. The van der Waals surface area contributed by atoms with E-state index in [0.717, 1.165) is 51.2 Å². The minimum absolute atomic E-state index is 0.218. The van der Waals surface area contributed by atoms with Crippen LogP contribution in [0.3, 0.4) is 0 Å². The molecule has 0 bridgehead atoms. The van der Waals surface area contributed by atoms with Crippen LogP contribution in [0.1, 0.15) is 43.1 Å². The number of aryl methyl sites for hydroxylation is 2. The molecule has 0 spiro atoms. The van der Waals surface area contributed by atoms with Crippen LogP contribution in [0.5, 0.6) is 5.75 Å². The maximum absolute atomic E-state index is 12.5. The van der Waals surface area contributed by atoms with Gasteiger partial charge in [-0.05, 0) is 42.2 Å². The molecule has 0 unspecified atom stereocenters. The van der Waals surface area contributed by atoms with E-state index in [9.17, 15) is 14.7 Å². The topological polar surface area (TPSA) is 90.7 Å². The number of rotatable bonds is 7. The lowest BCUT2D eigenvalue weighted by Crippen LogP contribution is -2.22. The van der Waals surface area contributed by atoms with Crippen molar-refractivity contribution < 1.29 is 19.4 Å². The van der Waals surface area contributed by atoms with Gasteiger partial charge in [-0.1, -0.05) is 39.0 Å². The summed E-state index contributed by atoms with van der Waals surface area (Å²) in [4.78, 5) is 28.5. The van der Waals surface area contributed by atoms with Crippen LogP contribution in [0.4, 0.5) is 0 Å². The number of hydrogen-bond acceptors (Lipinski definition) is 5. The lowest BCUT2D eigenvalue weighted by Gasteiger charge is -2.25.